The summed E-state index contributed by atoms with van der Waals surface area (Å²) in [6.07, 6.45) is 0.495. The first-order chi connectivity index (χ1) is 9.79. The number of aliphatic carboxylic acids is 1. The maximum absolute atomic E-state index is 10.8. The van der Waals surface area contributed by atoms with E-state index in [0.717, 1.165) is 0 Å². The number of nitrogens with zero attached hydrogens (tertiary/aromatic N) is 4. The number of nitriles is 2. The fourth-order valence-electron chi connectivity index (χ4n) is 1.40. The third-order valence-corrected chi connectivity index (χ3v) is 3.19. The van der Waals surface area contributed by atoms with Crippen LogP contribution < -0.4 is 11.5 Å². The standard InChI is InChI=1S/C12H18N6O3/c1-6(8(15)5-19)9(3-13)17-18-10(4-14)7(2)11(16)12(20)21/h5-11H,15-16H2,1-2H3,(H,20,21)/t6?,7?,8-,9?,10?,11+/m1/s1. The zero-order valence-electron chi connectivity index (χ0n) is 11.7. The third-order valence-electron chi connectivity index (χ3n) is 3.19. The lowest BCUT2D eigenvalue weighted by atomic mass is 9.95. The second-order valence-electron chi connectivity index (χ2n) is 4.67. The highest BCUT2D eigenvalue weighted by Crippen LogP contribution is 2.15. The molecule has 0 aliphatic rings. The Balaban J connectivity index is 5.04. The Labute approximate surface area is 122 Å². The van der Waals surface area contributed by atoms with Crippen molar-refractivity contribution in [2.45, 2.75) is 38.0 Å². The summed E-state index contributed by atoms with van der Waals surface area (Å²) in [4.78, 5) is 21.4. The van der Waals surface area contributed by atoms with Gasteiger partial charge >= 0.3 is 5.97 Å². The second kappa shape index (κ2) is 8.74. The van der Waals surface area contributed by atoms with Crippen LogP contribution in [0.5, 0.6) is 0 Å². The molecule has 0 aromatic carbocycles. The smallest absolute Gasteiger partial charge is 0.320 e. The van der Waals surface area contributed by atoms with Crippen molar-refractivity contribution in [1.82, 2.24) is 0 Å². The largest absolute Gasteiger partial charge is 0.480 e. The van der Waals surface area contributed by atoms with Crippen LogP contribution in [-0.4, -0.2) is 41.5 Å². The molecule has 0 amide bonds. The van der Waals surface area contributed by atoms with Gasteiger partial charge in [0.05, 0.1) is 18.2 Å². The van der Waals surface area contributed by atoms with Gasteiger partial charge in [0.25, 0.3) is 0 Å². The number of carbonyl (C=O) groups excluding carboxylic acids is 1. The van der Waals surface area contributed by atoms with Crippen LogP contribution in [0.25, 0.3) is 0 Å². The summed E-state index contributed by atoms with van der Waals surface area (Å²) >= 11 is 0. The summed E-state index contributed by atoms with van der Waals surface area (Å²) in [5, 5.41) is 34.2. The minimum atomic E-state index is -1.27. The van der Waals surface area contributed by atoms with Crippen LogP contribution in [0.4, 0.5) is 0 Å². The minimum Gasteiger partial charge on any atom is -0.480 e. The Bertz CT molecular complexity index is 480. The Kier molecular flexibility index (Phi) is 7.76. The average Bonchev–Trinajstić information content (AvgIpc) is 2.48. The zero-order valence-corrected chi connectivity index (χ0v) is 11.7. The van der Waals surface area contributed by atoms with Crippen LogP contribution in [0, 0.1) is 34.5 Å². The molecule has 0 saturated heterocycles. The summed E-state index contributed by atoms with van der Waals surface area (Å²) in [5.74, 6) is -2.63. The molecule has 0 bridgehead atoms. The number of nitrogens with two attached hydrogens (primary N) is 2. The van der Waals surface area contributed by atoms with E-state index in [1.165, 1.54) is 6.92 Å². The molecule has 0 saturated carbocycles. The van der Waals surface area contributed by atoms with E-state index >= 15 is 0 Å². The maximum Gasteiger partial charge on any atom is 0.320 e. The quantitative estimate of drug-likeness (QED) is 0.396. The van der Waals surface area contributed by atoms with Gasteiger partial charge in [0.1, 0.15) is 12.3 Å². The topological polar surface area (TPSA) is 179 Å². The van der Waals surface area contributed by atoms with Crippen molar-refractivity contribution >= 4 is 12.3 Å². The number of rotatable bonds is 8. The van der Waals surface area contributed by atoms with Gasteiger partial charge in [0.2, 0.25) is 0 Å². The van der Waals surface area contributed by atoms with Crippen molar-refractivity contribution in [1.29, 1.82) is 10.5 Å². The number of hydrogen-bond donors (Lipinski definition) is 3. The molecule has 9 heteroatoms. The zero-order chi connectivity index (χ0) is 16.6. The first kappa shape index (κ1) is 18.6. The lowest BCUT2D eigenvalue weighted by Crippen LogP contribution is -2.41. The fourth-order valence-corrected chi connectivity index (χ4v) is 1.40. The summed E-state index contributed by atoms with van der Waals surface area (Å²) in [7, 11) is 0. The fraction of sp³-hybridized carbons (Fsp3) is 0.667. The van der Waals surface area contributed by atoms with Gasteiger partial charge in [-0.2, -0.15) is 20.8 Å². The molecule has 0 rings (SSSR count). The summed E-state index contributed by atoms with van der Waals surface area (Å²) in [6, 6.07) is -0.650. The lowest BCUT2D eigenvalue weighted by Gasteiger charge is -2.19. The molecule has 114 valence electrons. The molecule has 0 spiro atoms. The monoisotopic (exact) mass is 294 g/mol. The van der Waals surface area contributed by atoms with Crippen molar-refractivity contribution in [3.63, 3.8) is 0 Å². The molecule has 4 unspecified atom stereocenters. The van der Waals surface area contributed by atoms with Gasteiger partial charge in [-0.15, -0.1) is 0 Å². The van der Waals surface area contributed by atoms with E-state index < -0.39 is 42.0 Å². The van der Waals surface area contributed by atoms with E-state index in [1.807, 2.05) is 6.07 Å². The molecule has 21 heavy (non-hydrogen) atoms. The van der Waals surface area contributed by atoms with Crippen molar-refractivity contribution in [2.75, 3.05) is 0 Å². The summed E-state index contributed by atoms with van der Waals surface area (Å²) < 4.78 is 0. The molecule has 0 aromatic rings. The molecule has 0 aromatic heterocycles. The highest BCUT2D eigenvalue weighted by Gasteiger charge is 2.29. The van der Waals surface area contributed by atoms with Gasteiger partial charge in [0, 0.05) is 11.8 Å². The third kappa shape index (κ3) is 5.26. The number of azo groups is 1. The molecular weight excluding hydrogens is 276 g/mol. The second-order valence-corrected chi connectivity index (χ2v) is 4.67. The molecule has 0 aliphatic carbocycles. The SMILES string of the molecule is CC(C(C#N)N=NC(C#N)C(C)[C@H](N)C(=O)O)[C@H](N)C=O. The van der Waals surface area contributed by atoms with Gasteiger partial charge in [-0.05, 0) is 0 Å². The first-order valence-corrected chi connectivity index (χ1v) is 6.18. The van der Waals surface area contributed by atoms with Gasteiger partial charge in [0.15, 0.2) is 12.1 Å². The van der Waals surface area contributed by atoms with Gasteiger partial charge in [-0.1, -0.05) is 13.8 Å². The predicted molar refractivity (Wildman–Crippen MR) is 71.6 cm³/mol. The highest BCUT2D eigenvalue weighted by molar-refractivity contribution is 5.73. The molecular formula is C12H18N6O3. The van der Waals surface area contributed by atoms with Crippen LogP contribution in [0.15, 0.2) is 10.2 Å². The van der Waals surface area contributed by atoms with Crippen LogP contribution in [-0.2, 0) is 9.59 Å². The normalized spacial score (nSPS) is 19.5. The van der Waals surface area contributed by atoms with E-state index in [9.17, 15) is 9.59 Å². The van der Waals surface area contributed by atoms with Crippen molar-refractivity contribution in [2.24, 2.45) is 33.5 Å². The number of carboxylic acids is 1. The Hall–Kier alpha value is -2.36. The first-order valence-electron chi connectivity index (χ1n) is 6.18. The van der Waals surface area contributed by atoms with Crippen LogP contribution in [0.3, 0.4) is 0 Å². The highest BCUT2D eigenvalue weighted by atomic mass is 16.4. The van der Waals surface area contributed by atoms with Crippen molar-refractivity contribution < 1.29 is 14.7 Å². The lowest BCUT2D eigenvalue weighted by molar-refractivity contribution is -0.139. The van der Waals surface area contributed by atoms with Crippen LogP contribution >= 0.6 is 0 Å². The number of carbonyl (C=O) groups is 2. The van der Waals surface area contributed by atoms with Gasteiger partial charge < -0.3 is 21.4 Å². The minimum absolute atomic E-state index is 0.495. The summed E-state index contributed by atoms with van der Waals surface area (Å²) in [6.45, 7) is 3.01. The van der Waals surface area contributed by atoms with E-state index in [1.54, 1.807) is 13.0 Å². The Morgan fingerprint density at radius 1 is 1.14 bits per heavy atom. The predicted octanol–water partition coefficient (Wildman–Crippen LogP) is -0.567. The molecule has 0 aliphatic heterocycles. The van der Waals surface area contributed by atoms with Crippen molar-refractivity contribution in [3.8, 4) is 12.1 Å². The number of aldehydes is 1. The Morgan fingerprint density at radius 2 is 1.57 bits per heavy atom. The van der Waals surface area contributed by atoms with Crippen LogP contribution in [0.2, 0.25) is 0 Å². The van der Waals surface area contributed by atoms with E-state index in [2.05, 4.69) is 10.2 Å². The summed E-state index contributed by atoms with van der Waals surface area (Å²) in [5.41, 5.74) is 10.9. The Morgan fingerprint density at radius 3 is 1.90 bits per heavy atom. The molecule has 0 fully saturated rings. The molecule has 0 heterocycles. The van der Waals surface area contributed by atoms with Gasteiger partial charge in [-0.3, -0.25) is 4.79 Å². The van der Waals surface area contributed by atoms with E-state index in [4.69, 9.17) is 27.1 Å². The van der Waals surface area contributed by atoms with E-state index in [-0.39, 0.29) is 0 Å². The van der Waals surface area contributed by atoms with Crippen LogP contribution in [0.1, 0.15) is 13.8 Å². The van der Waals surface area contributed by atoms with E-state index in [0.29, 0.717) is 6.29 Å². The van der Waals surface area contributed by atoms with Gasteiger partial charge in [-0.25, -0.2) is 0 Å². The number of hydrogen-bond acceptors (Lipinski definition) is 8. The molecule has 0 radical (unpaired) electrons. The molecule has 5 N–H and O–H groups in total. The number of carboxylic acid groups (broad SMARTS) is 1. The average molecular weight is 294 g/mol. The molecule has 6 atom stereocenters. The molecule has 9 nitrogen and oxygen atoms in total. The van der Waals surface area contributed by atoms with Crippen molar-refractivity contribution in [3.05, 3.63) is 0 Å². The maximum atomic E-state index is 10.8.